The van der Waals surface area contributed by atoms with Crippen LogP contribution in [0.25, 0.3) is 11.4 Å². The Balaban J connectivity index is 0.00000316. The number of sulfonamides is 1. The van der Waals surface area contributed by atoms with Crippen molar-refractivity contribution in [1.82, 2.24) is 24.8 Å². The first-order valence-corrected chi connectivity index (χ1v) is 15.2. The summed E-state index contributed by atoms with van der Waals surface area (Å²) in [4.78, 5) is 27.3. The number of aromatic amines is 1. The highest BCUT2D eigenvalue weighted by Crippen LogP contribution is 2.31. The van der Waals surface area contributed by atoms with Crippen molar-refractivity contribution in [3.63, 3.8) is 0 Å². The molecular formula is C24H40N5O5PS. The molecule has 0 aliphatic heterocycles. The van der Waals surface area contributed by atoms with Gasteiger partial charge in [0.05, 0.1) is 23.1 Å². The van der Waals surface area contributed by atoms with Gasteiger partial charge in [-0.25, -0.2) is 12.7 Å². The molecule has 202 valence electrons. The van der Waals surface area contributed by atoms with Crippen molar-refractivity contribution in [3.8, 4) is 17.1 Å². The summed E-state index contributed by atoms with van der Waals surface area (Å²) in [5.74, 6) is 0.274. The number of hydrogen-bond donors (Lipinski definition) is 2. The summed E-state index contributed by atoms with van der Waals surface area (Å²) in [7, 11) is -1.49. The van der Waals surface area contributed by atoms with Crippen molar-refractivity contribution in [2.75, 3.05) is 32.5 Å². The van der Waals surface area contributed by atoms with Gasteiger partial charge in [0.15, 0.2) is 11.5 Å². The summed E-state index contributed by atoms with van der Waals surface area (Å²) in [6.45, 7) is 12.2. The smallest absolute Gasteiger partial charge is 0.275 e. The van der Waals surface area contributed by atoms with E-state index in [1.165, 1.54) is 16.4 Å². The second-order valence-corrected chi connectivity index (χ2v) is 11.5. The van der Waals surface area contributed by atoms with Crippen LogP contribution in [0.3, 0.4) is 0 Å². The van der Waals surface area contributed by atoms with Gasteiger partial charge in [-0.2, -0.15) is 0 Å². The second kappa shape index (κ2) is 15.7. The van der Waals surface area contributed by atoms with E-state index in [-0.39, 0.29) is 22.3 Å². The highest BCUT2D eigenvalue weighted by Gasteiger charge is 2.24. The number of hydrogen-bond acceptors (Lipinski definition) is 7. The Hall–Kier alpha value is -2.36. The molecular weight excluding hydrogens is 501 g/mol. The Morgan fingerprint density at radius 3 is 2.50 bits per heavy atom. The Morgan fingerprint density at radius 1 is 1.22 bits per heavy atom. The molecule has 0 saturated carbocycles. The van der Waals surface area contributed by atoms with Crippen LogP contribution in [0.4, 0.5) is 0 Å². The van der Waals surface area contributed by atoms with Gasteiger partial charge in [0.2, 0.25) is 15.9 Å². The van der Waals surface area contributed by atoms with Crippen molar-refractivity contribution >= 4 is 24.5 Å². The monoisotopic (exact) mass is 541 g/mol. The van der Waals surface area contributed by atoms with E-state index in [4.69, 9.17) is 4.74 Å². The fourth-order valence-electron chi connectivity index (χ4n) is 3.21. The van der Waals surface area contributed by atoms with Crippen molar-refractivity contribution in [2.45, 2.75) is 65.3 Å². The Labute approximate surface area is 216 Å². The fourth-order valence-corrected chi connectivity index (χ4v) is 5.42. The molecule has 2 aromatic rings. The minimum Gasteiger partial charge on any atom is -0.493 e. The molecule has 2 N–H and O–H groups in total. The van der Waals surface area contributed by atoms with Crippen LogP contribution >= 0.6 is 8.58 Å². The molecule has 0 bridgehead atoms. The summed E-state index contributed by atoms with van der Waals surface area (Å²) in [6, 6.07) is 3.84. The topological polar surface area (TPSA) is 134 Å². The van der Waals surface area contributed by atoms with Crippen LogP contribution in [0.2, 0.25) is 0 Å². The number of benzene rings is 1. The van der Waals surface area contributed by atoms with Crippen LogP contribution in [0.15, 0.2) is 27.9 Å². The van der Waals surface area contributed by atoms with Crippen molar-refractivity contribution < 1.29 is 17.9 Å². The molecule has 1 amide bonds. The van der Waals surface area contributed by atoms with E-state index in [2.05, 4.69) is 27.4 Å². The standard InChI is InChI=1S/C22H34N5O5PS.C2H6/c1-6-9-19(28)23-15(4)20-22(29)24-21(26-25-20)17-14-16(10-11-18(17)32-7-2)34(30,31)27(5)12-13-33-8-3;1-2/h10-11,14-15,33H,6-9,12-13H2,1-5H3,(H,23,28)(H,24,26,29);1-2H3. The van der Waals surface area contributed by atoms with E-state index in [1.54, 1.807) is 27.0 Å². The van der Waals surface area contributed by atoms with Gasteiger partial charge >= 0.3 is 0 Å². The minimum atomic E-state index is -3.74. The molecule has 1 aromatic heterocycles. The number of nitrogens with one attached hydrogen (secondary N) is 2. The van der Waals surface area contributed by atoms with Crippen LogP contribution in [0.1, 0.15) is 66.1 Å². The Morgan fingerprint density at radius 2 is 1.92 bits per heavy atom. The molecule has 0 aliphatic rings. The molecule has 0 spiro atoms. The van der Waals surface area contributed by atoms with E-state index < -0.39 is 21.6 Å². The molecule has 0 aliphatic carbocycles. The van der Waals surface area contributed by atoms with Gasteiger partial charge in [-0.05, 0) is 50.8 Å². The number of rotatable bonds is 13. The van der Waals surface area contributed by atoms with Gasteiger partial charge in [0, 0.05) is 20.0 Å². The predicted octanol–water partition coefficient (Wildman–Crippen LogP) is 3.55. The lowest BCUT2D eigenvalue weighted by Gasteiger charge is -2.18. The zero-order chi connectivity index (χ0) is 27.3. The molecule has 1 aromatic carbocycles. The third-order valence-electron chi connectivity index (χ3n) is 5.05. The number of amides is 1. The van der Waals surface area contributed by atoms with Gasteiger partial charge in [-0.1, -0.05) is 27.7 Å². The van der Waals surface area contributed by atoms with Crippen LogP contribution in [-0.2, 0) is 14.8 Å². The van der Waals surface area contributed by atoms with Crippen LogP contribution in [0.5, 0.6) is 5.75 Å². The first-order valence-electron chi connectivity index (χ1n) is 12.4. The Kier molecular flexibility index (Phi) is 13.8. The fraction of sp³-hybridized carbons (Fsp3) is 0.583. The molecule has 36 heavy (non-hydrogen) atoms. The number of nitrogens with zero attached hydrogens (tertiary/aromatic N) is 3. The van der Waals surface area contributed by atoms with E-state index >= 15 is 0 Å². The maximum absolute atomic E-state index is 13.1. The van der Waals surface area contributed by atoms with Crippen molar-refractivity contribution in [2.24, 2.45) is 0 Å². The van der Waals surface area contributed by atoms with Crippen molar-refractivity contribution in [3.05, 3.63) is 34.2 Å². The normalized spacial score (nSPS) is 12.3. The maximum atomic E-state index is 13.1. The average Bonchev–Trinajstić information content (AvgIpc) is 2.85. The first kappa shape index (κ1) is 31.7. The molecule has 0 radical (unpaired) electrons. The molecule has 12 heteroatoms. The largest absolute Gasteiger partial charge is 0.493 e. The highest BCUT2D eigenvalue weighted by molar-refractivity contribution is 7.89. The third kappa shape index (κ3) is 8.64. The lowest BCUT2D eigenvalue weighted by atomic mass is 10.2. The van der Waals surface area contributed by atoms with Gasteiger partial charge in [-0.15, -0.1) is 18.8 Å². The zero-order valence-electron chi connectivity index (χ0n) is 22.3. The predicted molar refractivity (Wildman–Crippen MR) is 146 cm³/mol. The third-order valence-corrected chi connectivity index (χ3v) is 7.98. The van der Waals surface area contributed by atoms with E-state index in [1.807, 2.05) is 20.8 Å². The maximum Gasteiger partial charge on any atom is 0.275 e. The molecule has 0 saturated heterocycles. The molecule has 0 fully saturated rings. The minimum absolute atomic E-state index is 0.0615. The molecule has 2 rings (SSSR count). The Bertz CT molecular complexity index is 1140. The average molecular weight is 542 g/mol. The summed E-state index contributed by atoms with van der Waals surface area (Å²) in [5, 5.41) is 10.9. The first-order chi connectivity index (χ1) is 17.1. The highest BCUT2D eigenvalue weighted by atomic mass is 32.2. The van der Waals surface area contributed by atoms with Gasteiger partial charge in [0.25, 0.3) is 5.56 Å². The van der Waals surface area contributed by atoms with Gasteiger partial charge in [0.1, 0.15) is 5.75 Å². The summed E-state index contributed by atoms with van der Waals surface area (Å²) < 4.78 is 33.1. The lowest BCUT2D eigenvalue weighted by Crippen LogP contribution is -2.32. The molecule has 2 atom stereocenters. The second-order valence-electron chi connectivity index (χ2n) is 7.70. The summed E-state index contributed by atoms with van der Waals surface area (Å²) in [6.07, 6.45) is 2.85. The summed E-state index contributed by atoms with van der Waals surface area (Å²) >= 11 is 0. The van der Waals surface area contributed by atoms with E-state index in [0.29, 0.717) is 45.9 Å². The number of ether oxygens (including phenoxy) is 1. The number of H-pyrrole nitrogens is 1. The molecule has 10 nitrogen and oxygen atoms in total. The van der Waals surface area contributed by atoms with Crippen LogP contribution in [0, 0.1) is 0 Å². The number of carbonyl (C=O) groups excluding carboxylic acids is 1. The summed E-state index contributed by atoms with van der Waals surface area (Å²) in [5.41, 5.74) is -0.153. The van der Waals surface area contributed by atoms with Crippen LogP contribution in [-0.4, -0.2) is 66.3 Å². The van der Waals surface area contributed by atoms with E-state index in [9.17, 15) is 18.0 Å². The molecule has 2 unspecified atom stereocenters. The number of aromatic nitrogens is 3. The van der Waals surface area contributed by atoms with Crippen LogP contribution < -0.4 is 15.6 Å². The lowest BCUT2D eigenvalue weighted by molar-refractivity contribution is -0.121. The van der Waals surface area contributed by atoms with Gasteiger partial charge < -0.3 is 15.0 Å². The number of carbonyl (C=O) groups is 1. The quantitative estimate of drug-likeness (QED) is 0.292. The van der Waals surface area contributed by atoms with Gasteiger partial charge in [-0.3, -0.25) is 9.59 Å². The molecule has 1 heterocycles. The van der Waals surface area contributed by atoms with Crippen molar-refractivity contribution in [1.29, 1.82) is 0 Å². The van der Waals surface area contributed by atoms with E-state index in [0.717, 1.165) is 12.3 Å². The zero-order valence-corrected chi connectivity index (χ0v) is 24.2. The SMILES string of the molecule is CC.CCCC(=O)NC(C)c1nnc(-c2cc(S(=O)(=O)N(C)CCPCC)ccc2OCC)[nH]c1=O.